The zero-order chi connectivity index (χ0) is 11.4. The number of aromatic nitrogens is 1. The number of carboxylic acids is 1. The first kappa shape index (κ1) is 11.3. The van der Waals surface area contributed by atoms with Crippen molar-refractivity contribution < 1.29 is 19.4 Å². The van der Waals surface area contributed by atoms with Gasteiger partial charge in [-0.15, -0.1) is 0 Å². The summed E-state index contributed by atoms with van der Waals surface area (Å²) in [5, 5.41) is 11.3. The number of aromatic carboxylic acids is 1. The summed E-state index contributed by atoms with van der Waals surface area (Å²) in [4.78, 5) is 24.7. The minimum Gasteiger partial charge on any atom is -0.478 e. The molecule has 6 heteroatoms. The highest BCUT2D eigenvalue weighted by atomic mass is 16.5. The molecule has 0 aliphatic heterocycles. The Balaban J connectivity index is 2.86. The van der Waals surface area contributed by atoms with Gasteiger partial charge < -0.3 is 20.1 Å². The molecule has 0 aliphatic rings. The lowest BCUT2D eigenvalue weighted by Gasteiger charge is -2.03. The average Bonchev–Trinajstić information content (AvgIpc) is 2.47. The molecule has 0 atom stereocenters. The number of nitrogens with one attached hydrogen (secondary N) is 2. The summed E-state index contributed by atoms with van der Waals surface area (Å²) in [7, 11) is 1.39. The van der Waals surface area contributed by atoms with Crippen molar-refractivity contribution in [1.82, 2.24) is 4.98 Å². The summed E-state index contributed by atoms with van der Waals surface area (Å²) in [5.74, 6) is -1.47. The van der Waals surface area contributed by atoms with Gasteiger partial charge in [-0.1, -0.05) is 0 Å². The predicted octanol–water partition coefficient (Wildman–Crippen LogP) is 0.606. The van der Waals surface area contributed by atoms with Crippen LogP contribution in [0.15, 0.2) is 6.20 Å². The van der Waals surface area contributed by atoms with Crippen molar-refractivity contribution in [2.45, 2.75) is 6.92 Å². The first-order valence-electron chi connectivity index (χ1n) is 4.26. The molecule has 15 heavy (non-hydrogen) atoms. The maximum Gasteiger partial charge on any atom is 0.339 e. The molecule has 0 unspecified atom stereocenters. The number of methoxy groups -OCH3 is 1. The summed E-state index contributed by atoms with van der Waals surface area (Å²) < 4.78 is 4.61. The van der Waals surface area contributed by atoms with Gasteiger partial charge in [-0.25, -0.2) is 4.79 Å². The first-order chi connectivity index (χ1) is 7.06. The topological polar surface area (TPSA) is 91.4 Å². The Kier molecular flexibility index (Phi) is 3.46. The number of amides is 1. The fourth-order valence-corrected chi connectivity index (χ4v) is 1.22. The van der Waals surface area contributed by atoms with Gasteiger partial charge in [0.05, 0.1) is 5.69 Å². The van der Waals surface area contributed by atoms with Crippen molar-refractivity contribution in [3.05, 3.63) is 17.5 Å². The van der Waals surface area contributed by atoms with Gasteiger partial charge in [0.15, 0.2) is 0 Å². The van der Waals surface area contributed by atoms with Gasteiger partial charge in [0, 0.05) is 19.0 Å². The second-order valence-electron chi connectivity index (χ2n) is 2.99. The molecule has 0 aliphatic carbocycles. The van der Waals surface area contributed by atoms with Gasteiger partial charge in [-0.05, 0) is 6.92 Å². The third-order valence-electron chi connectivity index (χ3n) is 1.84. The number of rotatable bonds is 4. The van der Waals surface area contributed by atoms with Crippen molar-refractivity contribution in [3.63, 3.8) is 0 Å². The van der Waals surface area contributed by atoms with E-state index in [0.717, 1.165) is 0 Å². The van der Waals surface area contributed by atoms with Crippen molar-refractivity contribution in [2.24, 2.45) is 0 Å². The highest BCUT2D eigenvalue weighted by Crippen LogP contribution is 2.18. The molecule has 0 fully saturated rings. The molecule has 1 aromatic heterocycles. The summed E-state index contributed by atoms with van der Waals surface area (Å²) >= 11 is 0. The lowest BCUT2D eigenvalue weighted by atomic mass is 10.2. The molecule has 0 saturated heterocycles. The van der Waals surface area contributed by atoms with Gasteiger partial charge in [0.25, 0.3) is 0 Å². The van der Waals surface area contributed by atoms with E-state index >= 15 is 0 Å². The number of carbonyl (C=O) groups excluding carboxylic acids is 1. The number of aryl methyl sites for hydroxylation is 1. The molecule has 1 rings (SSSR count). The van der Waals surface area contributed by atoms with Crippen LogP contribution in [0.3, 0.4) is 0 Å². The molecule has 0 radical (unpaired) electrons. The SMILES string of the molecule is COCC(=O)Nc1c[nH]c(C)c1C(=O)O. The second-order valence-corrected chi connectivity index (χ2v) is 2.99. The molecule has 0 aromatic carbocycles. The molecule has 1 heterocycles. The molecule has 0 bridgehead atoms. The Bertz CT molecular complexity index is 383. The zero-order valence-corrected chi connectivity index (χ0v) is 8.46. The fraction of sp³-hybridized carbons (Fsp3) is 0.333. The summed E-state index contributed by atoms with van der Waals surface area (Å²) in [6, 6.07) is 0. The first-order valence-corrected chi connectivity index (χ1v) is 4.26. The Hall–Kier alpha value is -1.82. The van der Waals surface area contributed by atoms with Gasteiger partial charge in [-0.2, -0.15) is 0 Å². The Morgan fingerprint density at radius 3 is 2.80 bits per heavy atom. The van der Waals surface area contributed by atoms with Crippen LogP contribution in [0.1, 0.15) is 16.1 Å². The van der Waals surface area contributed by atoms with E-state index in [1.807, 2.05) is 0 Å². The molecule has 6 nitrogen and oxygen atoms in total. The van der Waals surface area contributed by atoms with E-state index < -0.39 is 5.97 Å². The Morgan fingerprint density at radius 1 is 1.60 bits per heavy atom. The standard InChI is InChI=1S/C9H12N2O4/c1-5-8(9(13)14)6(3-10-5)11-7(12)4-15-2/h3,10H,4H2,1-2H3,(H,11,12)(H,13,14). The normalized spacial score (nSPS) is 10.0. The molecule has 82 valence electrons. The minimum absolute atomic E-state index is 0.0689. The average molecular weight is 212 g/mol. The van der Waals surface area contributed by atoms with Crippen LogP contribution in [0, 0.1) is 6.92 Å². The zero-order valence-electron chi connectivity index (χ0n) is 8.46. The maximum absolute atomic E-state index is 11.2. The fourth-order valence-electron chi connectivity index (χ4n) is 1.22. The number of aromatic amines is 1. The van der Waals surface area contributed by atoms with Gasteiger partial charge >= 0.3 is 5.97 Å². The predicted molar refractivity (Wildman–Crippen MR) is 53.0 cm³/mol. The lowest BCUT2D eigenvalue weighted by molar-refractivity contribution is -0.119. The summed E-state index contributed by atoms with van der Waals surface area (Å²) in [6.45, 7) is 1.51. The van der Waals surface area contributed by atoms with Gasteiger partial charge in [-0.3, -0.25) is 4.79 Å². The lowest BCUT2D eigenvalue weighted by Crippen LogP contribution is -2.18. The van der Waals surface area contributed by atoms with Crippen LogP contribution < -0.4 is 5.32 Å². The van der Waals surface area contributed by atoms with Crippen LogP contribution in [0.25, 0.3) is 0 Å². The molecule has 0 spiro atoms. The molecular weight excluding hydrogens is 200 g/mol. The highest BCUT2D eigenvalue weighted by molar-refractivity contribution is 6.01. The molecular formula is C9H12N2O4. The second kappa shape index (κ2) is 4.61. The van der Waals surface area contributed by atoms with E-state index in [1.54, 1.807) is 6.92 Å². The number of hydrogen-bond acceptors (Lipinski definition) is 3. The van der Waals surface area contributed by atoms with E-state index in [-0.39, 0.29) is 23.8 Å². The van der Waals surface area contributed by atoms with E-state index in [1.165, 1.54) is 13.3 Å². The summed E-state index contributed by atoms with van der Waals surface area (Å²) in [5.41, 5.74) is 0.816. The number of carboxylic acid groups (broad SMARTS) is 1. The minimum atomic E-state index is -1.08. The van der Waals surface area contributed by atoms with E-state index in [9.17, 15) is 9.59 Å². The molecule has 0 saturated carbocycles. The van der Waals surface area contributed by atoms with Crippen LogP contribution in [0.4, 0.5) is 5.69 Å². The maximum atomic E-state index is 11.2. The van der Waals surface area contributed by atoms with E-state index in [4.69, 9.17) is 5.11 Å². The molecule has 1 amide bonds. The van der Waals surface area contributed by atoms with Crippen molar-refractivity contribution in [1.29, 1.82) is 0 Å². The van der Waals surface area contributed by atoms with Crippen LogP contribution in [0.2, 0.25) is 0 Å². The smallest absolute Gasteiger partial charge is 0.339 e. The van der Waals surface area contributed by atoms with Gasteiger partial charge in [0.2, 0.25) is 5.91 Å². The van der Waals surface area contributed by atoms with Crippen LogP contribution in [-0.4, -0.2) is 35.7 Å². The van der Waals surface area contributed by atoms with Crippen LogP contribution >= 0.6 is 0 Å². The summed E-state index contributed by atoms with van der Waals surface area (Å²) in [6.07, 6.45) is 1.44. The van der Waals surface area contributed by atoms with Crippen LogP contribution in [-0.2, 0) is 9.53 Å². The Morgan fingerprint density at radius 2 is 2.27 bits per heavy atom. The number of H-pyrrole nitrogens is 1. The third-order valence-corrected chi connectivity index (χ3v) is 1.84. The van der Waals surface area contributed by atoms with E-state index in [0.29, 0.717) is 5.69 Å². The number of carbonyl (C=O) groups is 2. The molecule has 3 N–H and O–H groups in total. The Labute approximate surface area is 86.2 Å². The number of anilines is 1. The number of hydrogen-bond donors (Lipinski definition) is 3. The quantitative estimate of drug-likeness (QED) is 0.681. The number of ether oxygens (including phenoxy) is 1. The van der Waals surface area contributed by atoms with Crippen molar-refractivity contribution in [2.75, 3.05) is 19.0 Å². The van der Waals surface area contributed by atoms with Gasteiger partial charge in [0.1, 0.15) is 12.2 Å². The highest BCUT2D eigenvalue weighted by Gasteiger charge is 2.16. The van der Waals surface area contributed by atoms with Crippen molar-refractivity contribution in [3.8, 4) is 0 Å². The van der Waals surface area contributed by atoms with E-state index in [2.05, 4.69) is 15.0 Å². The van der Waals surface area contributed by atoms with Crippen LogP contribution in [0.5, 0.6) is 0 Å². The monoisotopic (exact) mass is 212 g/mol. The largest absolute Gasteiger partial charge is 0.478 e. The molecule has 1 aromatic rings. The third kappa shape index (κ3) is 2.57. The van der Waals surface area contributed by atoms with Crippen molar-refractivity contribution >= 4 is 17.6 Å².